The Hall–Kier alpha value is -5.54. The molecule has 4 unspecified atom stereocenters. The van der Waals surface area contributed by atoms with E-state index in [4.69, 9.17) is 28.7 Å². The lowest BCUT2D eigenvalue weighted by molar-refractivity contribution is -0.139. The largest absolute Gasteiger partial charge is 0.368 e. The molecule has 10 amide bonds. The Morgan fingerprint density at radius 1 is 0.410 bits per heavy atom. The van der Waals surface area contributed by atoms with Crippen molar-refractivity contribution in [2.75, 3.05) is 72.0 Å². The van der Waals surface area contributed by atoms with Crippen LogP contribution < -0.4 is 76.5 Å². The molecule has 4 aliphatic rings. The lowest BCUT2D eigenvalue weighted by Crippen LogP contribution is -2.46. The highest BCUT2D eigenvalue weighted by molar-refractivity contribution is 5.90. The zero-order valence-electron chi connectivity index (χ0n) is 46.3. The zero-order chi connectivity index (χ0) is 57.2. The highest BCUT2D eigenvalue weighted by atomic mass is 16.2. The van der Waals surface area contributed by atoms with E-state index < -0.39 is 17.7 Å². The van der Waals surface area contributed by atoms with Gasteiger partial charge in [-0.1, -0.05) is 6.42 Å². The fourth-order valence-electron chi connectivity index (χ4n) is 8.39. The third-order valence-electron chi connectivity index (χ3n) is 13.5. The van der Waals surface area contributed by atoms with Gasteiger partial charge >= 0.3 is 0 Å². The molecule has 4 fully saturated rings. The van der Waals surface area contributed by atoms with Gasteiger partial charge in [-0.05, 0) is 122 Å². The van der Waals surface area contributed by atoms with E-state index in [-0.39, 0.29) is 112 Å². The number of nitrogens with zero attached hydrogens (tertiary/aromatic N) is 2. The van der Waals surface area contributed by atoms with Gasteiger partial charge < -0.3 is 86.3 Å². The van der Waals surface area contributed by atoms with Crippen LogP contribution in [0.3, 0.4) is 0 Å². The van der Waals surface area contributed by atoms with Crippen molar-refractivity contribution in [2.24, 2.45) is 28.7 Å². The van der Waals surface area contributed by atoms with Gasteiger partial charge in [0.1, 0.15) is 26.2 Å². The Morgan fingerprint density at radius 2 is 0.718 bits per heavy atom. The van der Waals surface area contributed by atoms with Crippen LogP contribution in [-0.2, 0) is 47.9 Å². The van der Waals surface area contributed by atoms with Gasteiger partial charge in [-0.25, -0.2) is 0 Å². The number of nitrogens with two attached hydrogens (primary N) is 5. The molecule has 444 valence electrons. The van der Waals surface area contributed by atoms with E-state index in [1.807, 2.05) is 0 Å². The first kappa shape index (κ1) is 66.7. The number of hydrogen-bond acceptors (Lipinski definition) is 16. The second-order valence-electron chi connectivity index (χ2n) is 21.2. The molecule has 78 heavy (non-hydrogen) atoms. The van der Waals surface area contributed by atoms with E-state index in [1.165, 1.54) is 24.7 Å². The molecule has 4 aliphatic carbocycles. The highest BCUT2D eigenvalue weighted by Gasteiger charge is 2.30. The van der Waals surface area contributed by atoms with E-state index >= 15 is 0 Å². The number of hydrogen-bond donors (Lipinski definition) is 14. The van der Waals surface area contributed by atoms with Gasteiger partial charge in [0.05, 0.1) is 18.1 Å². The van der Waals surface area contributed by atoms with Crippen molar-refractivity contribution < 1.29 is 47.9 Å². The number of primary amides is 3. The summed E-state index contributed by atoms with van der Waals surface area (Å²) in [6, 6.07) is 0.955. The third kappa shape index (κ3) is 33.0. The van der Waals surface area contributed by atoms with E-state index in [0.29, 0.717) is 114 Å². The predicted octanol–water partition coefficient (Wildman–Crippen LogP) is -3.45. The lowest BCUT2D eigenvalue weighted by Gasteiger charge is -2.22. The maximum absolute atomic E-state index is 12.7. The van der Waals surface area contributed by atoms with Crippen molar-refractivity contribution in [3.8, 4) is 0 Å². The molecule has 0 aromatic heterocycles. The summed E-state index contributed by atoms with van der Waals surface area (Å²) in [7, 11) is 0. The Balaban J connectivity index is 0.000000412. The summed E-state index contributed by atoms with van der Waals surface area (Å²) in [5, 5.41) is 26.9. The Kier molecular flexibility index (Phi) is 32.6. The number of nitrogens with one attached hydrogen (secondary N) is 9. The van der Waals surface area contributed by atoms with Crippen LogP contribution in [0.25, 0.3) is 0 Å². The molecule has 19 N–H and O–H groups in total. The molecular formula is C52H96N16O10. The predicted molar refractivity (Wildman–Crippen MR) is 294 cm³/mol. The summed E-state index contributed by atoms with van der Waals surface area (Å²) in [6.07, 6.45) is 17.3. The molecule has 0 saturated heterocycles. The second kappa shape index (κ2) is 38.1. The van der Waals surface area contributed by atoms with Crippen molar-refractivity contribution in [1.29, 1.82) is 0 Å². The molecule has 4 saturated carbocycles. The standard InChI is InChI=1S/C27H48N8O6.C25H48N8O4/c1-18(36)30-15-12-25(39)35(16-23(37)31-13-4-2-6-21(26(28)40)33-19-8-9-19)17-24(38)32-14-5-3-7-22(27(29)41)34-20-10-11-20;26-12-11-24(36)33(16-22(34)29-13-3-1-5-20(15-27)31-18-7-8-18)17-23(35)30-14-4-2-6-21(25(28)37)32-19-9-10-19/h19-22,33-34H,2-17H2,1H3,(H2,28,40)(H2,29,41)(H,30,36)(H,31,37)(H,32,38);18-21,31-32H,1-17,26-27H2,(H2,28,37)(H,29,34)(H,30,35). The number of unbranched alkanes of at least 4 members (excludes halogenated alkanes) is 4. The number of carbonyl (C=O) groups excluding carboxylic acids is 10. The molecule has 0 bridgehead atoms. The van der Waals surface area contributed by atoms with Crippen molar-refractivity contribution >= 4 is 59.1 Å². The maximum atomic E-state index is 12.7. The first-order chi connectivity index (χ1) is 37.4. The van der Waals surface area contributed by atoms with Crippen LogP contribution in [0.15, 0.2) is 0 Å². The average Bonchev–Trinajstić information content (AvgIpc) is 4.14. The van der Waals surface area contributed by atoms with Gasteiger partial charge in [-0.2, -0.15) is 0 Å². The van der Waals surface area contributed by atoms with Crippen molar-refractivity contribution in [3.05, 3.63) is 0 Å². The number of amides is 10. The minimum absolute atomic E-state index is 0.0505. The fourth-order valence-corrected chi connectivity index (χ4v) is 8.39. The van der Waals surface area contributed by atoms with Crippen molar-refractivity contribution in [1.82, 2.24) is 57.7 Å². The van der Waals surface area contributed by atoms with Crippen LogP contribution in [0.2, 0.25) is 0 Å². The van der Waals surface area contributed by atoms with Gasteiger partial charge in [0.2, 0.25) is 59.1 Å². The monoisotopic (exact) mass is 1100 g/mol. The minimum Gasteiger partial charge on any atom is -0.368 e. The molecule has 26 heteroatoms. The first-order valence-corrected chi connectivity index (χ1v) is 28.6. The molecule has 0 aliphatic heterocycles. The Morgan fingerprint density at radius 3 is 1.00 bits per heavy atom. The quantitative estimate of drug-likeness (QED) is 0.0264. The third-order valence-corrected chi connectivity index (χ3v) is 13.5. The summed E-state index contributed by atoms with van der Waals surface area (Å²) in [6.45, 7) is 2.83. The minimum atomic E-state index is -0.435. The summed E-state index contributed by atoms with van der Waals surface area (Å²) in [5.74, 6) is -3.62. The first-order valence-electron chi connectivity index (χ1n) is 28.6. The SMILES string of the molecule is CC(=O)NCCC(=O)N(CC(=O)NCCCCC(NC1CC1)C(N)=O)CC(=O)NCCCCC(NC1CC1)C(N)=O.NCCC(=O)N(CC(=O)NCCCCC(CN)NC1CC1)CC(=O)NCCCCC(NC1CC1)C(N)=O. The molecule has 0 heterocycles. The summed E-state index contributed by atoms with van der Waals surface area (Å²) in [4.78, 5) is 123. The molecule has 0 aromatic carbocycles. The molecule has 26 nitrogen and oxygen atoms in total. The van der Waals surface area contributed by atoms with Crippen LogP contribution in [-0.4, -0.2) is 189 Å². The summed E-state index contributed by atoms with van der Waals surface area (Å²) >= 11 is 0. The topological polar surface area (TPSA) is 416 Å². The molecule has 0 aromatic rings. The second-order valence-corrected chi connectivity index (χ2v) is 21.2. The summed E-state index contributed by atoms with van der Waals surface area (Å²) in [5.41, 5.74) is 27.7. The van der Waals surface area contributed by atoms with E-state index in [2.05, 4.69) is 47.9 Å². The van der Waals surface area contributed by atoms with Crippen molar-refractivity contribution in [2.45, 2.75) is 197 Å². The maximum Gasteiger partial charge on any atom is 0.239 e. The average molecular weight is 1110 g/mol. The van der Waals surface area contributed by atoms with Crippen LogP contribution in [0.1, 0.15) is 148 Å². The Labute approximate surface area is 460 Å². The van der Waals surface area contributed by atoms with Gasteiger partial charge in [0.25, 0.3) is 0 Å². The van der Waals surface area contributed by atoms with Crippen molar-refractivity contribution in [3.63, 3.8) is 0 Å². The lowest BCUT2D eigenvalue weighted by atomic mass is 10.1. The van der Waals surface area contributed by atoms with Crippen LogP contribution in [0, 0.1) is 0 Å². The molecule has 0 radical (unpaired) electrons. The molecule has 4 atom stereocenters. The molecular weight excluding hydrogens is 1010 g/mol. The van der Waals surface area contributed by atoms with E-state index in [0.717, 1.165) is 69.1 Å². The molecule has 4 rings (SSSR count). The van der Waals surface area contributed by atoms with Crippen LogP contribution >= 0.6 is 0 Å². The van der Waals surface area contributed by atoms with Gasteiger partial charge in [-0.3, -0.25) is 47.9 Å². The van der Waals surface area contributed by atoms with E-state index in [9.17, 15) is 47.9 Å². The van der Waals surface area contributed by atoms with Crippen LogP contribution in [0.5, 0.6) is 0 Å². The summed E-state index contributed by atoms with van der Waals surface area (Å²) < 4.78 is 0. The smallest absolute Gasteiger partial charge is 0.239 e. The fraction of sp³-hybridized carbons (Fsp3) is 0.808. The van der Waals surface area contributed by atoms with Gasteiger partial charge in [0, 0.05) is 95.8 Å². The Bertz CT molecular complexity index is 1840. The number of rotatable bonds is 45. The number of carbonyl (C=O) groups is 10. The highest BCUT2D eigenvalue weighted by Crippen LogP contribution is 2.22. The van der Waals surface area contributed by atoms with Gasteiger partial charge in [0.15, 0.2) is 0 Å². The molecule has 0 spiro atoms. The van der Waals surface area contributed by atoms with Gasteiger partial charge in [-0.15, -0.1) is 0 Å². The zero-order valence-corrected chi connectivity index (χ0v) is 46.3. The van der Waals surface area contributed by atoms with E-state index in [1.54, 1.807) is 0 Å². The van der Waals surface area contributed by atoms with Crippen LogP contribution in [0.4, 0.5) is 0 Å². The normalized spacial score (nSPS) is 16.2.